The van der Waals surface area contributed by atoms with Gasteiger partial charge in [0.2, 0.25) is 0 Å². The van der Waals surface area contributed by atoms with Crippen LogP contribution in [0.1, 0.15) is 29.0 Å². The molecule has 2 aromatic heterocycles. The van der Waals surface area contributed by atoms with E-state index >= 15 is 0 Å². The minimum atomic E-state index is -0.548. The molecule has 3 heterocycles. The van der Waals surface area contributed by atoms with Gasteiger partial charge >= 0.3 is 0 Å². The number of rotatable bonds is 4. The molecular formula is C26H20ClN3O2S2. The average Bonchev–Trinajstić information content (AvgIpc) is 3.45. The summed E-state index contributed by atoms with van der Waals surface area (Å²) in [4.78, 5) is 33.3. The van der Waals surface area contributed by atoms with E-state index in [1.54, 1.807) is 16.7 Å². The molecule has 0 saturated heterocycles. The Hall–Kier alpha value is -3.26. The van der Waals surface area contributed by atoms with Crippen LogP contribution in [0.2, 0.25) is 5.02 Å². The number of aromatic nitrogens is 1. The van der Waals surface area contributed by atoms with Crippen LogP contribution in [0.3, 0.4) is 0 Å². The normalized spacial score (nSPS) is 15.7. The van der Waals surface area contributed by atoms with Crippen molar-refractivity contribution in [1.82, 2.24) is 4.57 Å². The third-order valence-electron chi connectivity index (χ3n) is 5.64. The number of nitrogens with zero attached hydrogens (tertiary/aromatic N) is 2. The van der Waals surface area contributed by atoms with Crippen LogP contribution in [0.5, 0.6) is 0 Å². The second-order valence-electron chi connectivity index (χ2n) is 7.92. The SMILES string of the molecule is CC1=C(C(=O)Nc2ccccc2C)C(c2cccs2)n2c(s/c(=C/c3ccc(Cl)cc3)c2=O)=N1. The highest BCUT2D eigenvalue weighted by molar-refractivity contribution is 7.10. The first-order valence-electron chi connectivity index (χ1n) is 10.6. The Kier molecular flexibility index (Phi) is 6.08. The molecule has 8 heteroatoms. The van der Waals surface area contributed by atoms with Crippen molar-refractivity contribution in [2.24, 2.45) is 4.99 Å². The molecule has 5 rings (SSSR count). The number of hydrogen-bond acceptors (Lipinski definition) is 5. The Morgan fingerprint density at radius 3 is 2.56 bits per heavy atom. The number of nitrogens with one attached hydrogen (secondary N) is 1. The van der Waals surface area contributed by atoms with E-state index in [-0.39, 0.29) is 11.5 Å². The van der Waals surface area contributed by atoms with Crippen LogP contribution >= 0.6 is 34.3 Å². The molecule has 0 bridgehead atoms. The van der Waals surface area contributed by atoms with Gasteiger partial charge in [-0.2, -0.15) is 0 Å². The molecule has 5 nitrogen and oxygen atoms in total. The van der Waals surface area contributed by atoms with Gasteiger partial charge in [-0.25, -0.2) is 4.99 Å². The number of fused-ring (bicyclic) bond motifs is 1. The first-order chi connectivity index (χ1) is 16.4. The third kappa shape index (κ3) is 4.18. The number of amides is 1. The molecule has 2 aromatic carbocycles. The lowest BCUT2D eigenvalue weighted by molar-refractivity contribution is -0.113. The van der Waals surface area contributed by atoms with Crippen molar-refractivity contribution in [3.63, 3.8) is 0 Å². The van der Waals surface area contributed by atoms with Crippen molar-refractivity contribution in [3.8, 4) is 0 Å². The van der Waals surface area contributed by atoms with Crippen LogP contribution in [0, 0.1) is 6.92 Å². The van der Waals surface area contributed by atoms with Gasteiger partial charge in [-0.05, 0) is 60.7 Å². The van der Waals surface area contributed by atoms with Gasteiger partial charge in [0.05, 0.1) is 15.8 Å². The molecule has 1 unspecified atom stereocenters. The number of benzene rings is 2. The van der Waals surface area contributed by atoms with Crippen molar-refractivity contribution < 1.29 is 4.79 Å². The van der Waals surface area contributed by atoms with Crippen molar-refractivity contribution in [1.29, 1.82) is 0 Å². The molecule has 0 saturated carbocycles. The summed E-state index contributed by atoms with van der Waals surface area (Å²) in [6, 6.07) is 18.3. The lowest BCUT2D eigenvalue weighted by atomic mass is 10.0. The molecule has 1 amide bonds. The lowest BCUT2D eigenvalue weighted by Gasteiger charge is -2.24. The highest BCUT2D eigenvalue weighted by atomic mass is 35.5. The molecule has 1 aliphatic heterocycles. The van der Waals surface area contributed by atoms with Crippen molar-refractivity contribution in [3.05, 3.63) is 118 Å². The number of aryl methyl sites for hydroxylation is 1. The molecule has 0 aliphatic carbocycles. The topological polar surface area (TPSA) is 63.5 Å². The molecule has 0 fully saturated rings. The average molecular weight is 506 g/mol. The highest BCUT2D eigenvalue weighted by Gasteiger charge is 2.33. The molecule has 1 aliphatic rings. The summed E-state index contributed by atoms with van der Waals surface area (Å²) in [6.45, 7) is 3.77. The van der Waals surface area contributed by atoms with E-state index in [0.29, 0.717) is 25.6 Å². The van der Waals surface area contributed by atoms with Crippen LogP contribution < -0.4 is 20.2 Å². The second-order valence-corrected chi connectivity index (χ2v) is 10.3. The van der Waals surface area contributed by atoms with E-state index in [0.717, 1.165) is 21.7 Å². The number of allylic oxidation sites excluding steroid dienone is 1. The first-order valence-corrected chi connectivity index (χ1v) is 12.7. The number of thiophene rings is 1. The predicted molar refractivity (Wildman–Crippen MR) is 139 cm³/mol. The van der Waals surface area contributed by atoms with E-state index in [1.165, 1.54) is 22.7 Å². The quantitative estimate of drug-likeness (QED) is 0.429. The molecule has 1 atom stereocenters. The summed E-state index contributed by atoms with van der Waals surface area (Å²) in [6.07, 6.45) is 1.83. The maximum absolute atomic E-state index is 13.6. The molecule has 1 N–H and O–H groups in total. The standard InChI is InChI=1S/C26H20ClN3O2S2/c1-15-6-3-4-7-19(15)29-24(31)22-16(2)28-26-30(23(22)20-8-5-13-33-20)25(32)21(34-26)14-17-9-11-18(27)12-10-17/h3-14,23H,1-2H3,(H,29,31)/b21-14+. The second kappa shape index (κ2) is 9.18. The fourth-order valence-electron chi connectivity index (χ4n) is 3.94. The van der Waals surface area contributed by atoms with Crippen LogP contribution in [-0.4, -0.2) is 10.5 Å². The van der Waals surface area contributed by atoms with E-state index in [2.05, 4.69) is 10.3 Å². The summed E-state index contributed by atoms with van der Waals surface area (Å²) >= 11 is 8.83. The number of para-hydroxylation sites is 1. The molecule has 170 valence electrons. The molecular weight excluding hydrogens is 486 g/mol. The van der Waals surface area contributed by atoms with Crippen LogP contribution in [-0.2, 0) is 4.79 Å². The molecule has 34 heavy (non-hydrogen) atoms. The Balaban J connectivity index is 1.64. The van der Waals surface area contributed by atoms with E-state index < -0.39 is 6.04 Å². The van der Waals surface area contributed by atoms with Gasteiger partial charge in [-0.3, -0.25) is 14.2 Å². The number of anilines is 1. The summed E-state index contributed by atoms with van der Waals surface area (Å²) in [5.74, 6) is -0.263. The largest absolute Gasteiger partial charge is 0.322 e. The Labute approximate surface area is 209 Å². The number of carbonyl (C=O) groups excluding carboxylic acids is 1. The van der Waals surface area contributed by atoms with Gasteiger partial charge < -0.3 is 5.32 Å². The fraction of sp³-hybridized carbons (Fsp3) is 0.115. The number of hydrogen-bond donors (Lipinski definition) is 1. The van der Waals surface area contributed by atoms with Gasteiger partial charge in [0, 0.05) is 15.6 Å². The monoisotopic (exact) mass is 505 g/mol. The van der Waals surface area contributed by atoms with Crippen molar-refractivity contribution in [2.75, 3.05) is 5.32 Å². The number of halogens is 1. The smallest absolute Gasteiger partial charge is 0.271 e. The zero-order valence-corrected chi connectivity index (χ0v) is 20.8. The Bertz CT molecular complexity index is 1600. The van der Waals surface area contributed by atoms with Crippen LogP contribution in [0.4, 0.5) is 5.69 Å². The fourth-order valence-corrected chi connectivity index (χ4v) is 5.94. The lowest BCUT2D eigenvalue weighted by Crippen LogP contribution is -2.40. The molecule has 0 spiro atoms. The van der Waals surface area contributed by atoms with E-state index in [9.17, 15) is 9.59 Å². The summed E-state index contributed by atoms with van der Waals surface area (Å²) in [7, 11) is 0. The zero-order chi connectivity index (χ0) is 23.8. The predicted octanol–water partition coefficient (Wildman–Crippen LogP) is 4.90. The van der Waals surface area contributed by atoms with Crippen LogP contribution in [0.15, 0.2) is 87.1 Å². The summed E-state index contributed by atoms with van der Waals surface area (Å²) in [5, 5.41) is 5.60. The van der Waals surface area contributed by atoms with Gasteiger partial charge in [0.1, 0.15) is 6.04 Å². The minimum absolute atomic E-state index is 0.175. The maximum atomic E-state index is 13.6. The van der Waals surface area contributed by atoms with Gasteiger partial charge in [0.15, 0.2) is 4.80 Å². The maximum Gasteiger partial charge on any atom is 0.271 e. The van der Waals surface area contributed by atoms with Gasteiger partial charge in [-0.1, -0.05) is 59.3 Å². The summed E-state index contributed by atoms with van der Waals surface area (Å²) in [5.41, 5.74) is 3.46. The van der Waals surface area contributed by atoms with E-state index in [1.807, 2.05) is 73.8 Å². The highest BCUT2D eigenvalue weighted by Crippen LogP contribution is 2.33. The summed E-state index contributed by atoms with van der Waals surface area (Å²) < 4.78 is 2.19. The van der Waals surface area contributed by atoms with Crippen molar-refractivity contribution >= 4 is 51.9 Å². The zero-order valence-electron chi connectivity index (χ0n) is 18.4. The molecule has 0 radical (unpaired) electrons. The number of thiazole rings is 1. The third-order valence-corrected chi connectivity index (χ3v) is 7.80. The van der Waals surface area contributed by atoms with Gasteiger partial charge in [0.25, 0.3) is 11.5 Å². The van der Waals surface area contributed by atoms with Crippen LogP contribution in [0.25, 0.3) is 6.08 Å². The first kappa shape index (κ1) is 22.5. The molecule has 4 aromatic rings. The Morgan fingerprint density at radius 2 is 1.85 bits per heavy atom. The minimum Gasteiger partial charge on any atom is -0.322 e. The van der Waals surface area contributed by atoms with Gasteiger partial charge in [-0.15, -0.1) is 11.3 Å². The number of carbonyl (C=O) groups is 1. The van der Waals surface area contributed by atoms with E-state index in [4.69, 9.17) is 11.6 Å². The Morgan fingerprint density at radius 1 is 1.09 bits per heavy atom. The van der Waals surface area contributed by atoms with Crippen molar-refractivity contribution in [2.45, 2.75) is 19.9 Å².